The van der Waals surface area contributed by atoms with E-state index in [2.05, 4.69) is 4.85 Å². The highest BCUT2D eigenvalue weighted by Gasteiger charge is 2.56. The van der Waals surface area contributed by atoms with E-state index in [0.717, 1.165) is 5.56 Å². The Hall–Kier alpha value is -1.56. The van der Waals surface area contributed by atoms with Crippen molar-refractivity contribution in [1.82, 2.24) is 4.90 Å². The second kappa shape index (κ2) is 7.59. The molecule has 0 saturated carbocycles. The number of benzene rings is 1. The van der Waals surface area contributed by atoms with Crippen LogP contribution in [-0.2, 0) is 20.9 Å². The van der Waals surface area contributed by atoms with Crippen molar-refractivity contribution in [2.24, 2.45) is 0 Å². The third kappa shape index (κ3) is 3.48. The molecule has 1 fully saturated rings. The fraction of sp³-hybridized carbons (Fsp3) is 0.389. The molecule has 2 aliphatic heterocycles. The molecule has 3 rings (SSSR count). The quantitative estimate of drug-likeness (QED) is 0.558. The van der Waals surface area contributed by atoms with Gasteiger partial charge in [-0.3, -0.25) is 4.79 Å². The normalized spacial score (nSPS) is 24.2. The Labute approximate surface area is 165 Å². The summed E-state index contributed by atoms with van der Waals surface area (Å²) in [4.78, 5) is 30.7. The van der Waals surface area contributed by atoms with Gasteiger partial charge in [0.1, 0.15) is 17.4 Å². The van der Waals surface area contributed by atoms with Gasteiger partial charge in [-0.05, 0) is 25.7 Å². The molecule has 1 aromatic carbocycles. The van der Waals surface area contributed by atoms with Crippen LogP contribution in [0.5, 0.6) is 0 Å². The molecule has 5 nitrogen and oxygen atoms in total. The molecule has 2 aliphatic rings. The molecule has 0 spiro atoms. The van der Waals surface area contributed by atoms with Crippen LogP contribution in [0.15, 0.2) is 40.3 Å². The van der Waals surface area contributed by atoms with Gasteiger partial charge in [-0.1, -0.05) is 42.1 Å². The number of ether oxygens (including phenoxy) is 1. The molecule has 0 aromatic heterocycles. The summed E-state index contributed by atoms with van der Waals surface area (Å²) >= 11 is 4.43. The van der Waals surface area contributed by atoms with Crippen LogP contribution in [0.1, 0.15) is 19.4 Å². The van der Waals surface area contributed by atoms with Gasteiger partial charge < -0.3 is 9.64 Å². The van der Waals surface area contributed by atoms with Gasteiger partial charge in [0, 0.05) is 4.75 Å². The topological polar surface area (TPSA) is 51.0 Å². The lowest BCUT2D eigenvalue weighted by atomic mass is 10.0. The zero-order chi connectivity index (χ0) is 18.9. The number of fused-ring (bicyclic) bond motifs is 1. The van der Waals surface area contributed by atoms with Crippen molar-refractivity contribution >= 4 is 47.2 Å². The fourth-order valence-corrected chi connectivity index (χ4v) is 7.27. The van der Waals surface area contributed by atoms with Gasteiger partial charge in [-0.25, -0.2) is 9.64 Å². The van der Waals surface area contributed by atoms with Crippen LogP contribution in [0.3, 0.4) is 0 Å². The lowest BCUT2D eigenvalue weighted by Gasteiger charge is -2.33. The molecule has 136 valence electrons. The monoisotopic (exact) mass is 406 g/mol. The number of thioether (sulfide) groups is 3. The molecular formula is C18H18N2O3S3. The average molecular weight is 407 g/mol. The predicted octanol–water partition coefficient (Wildman–Crippen LogP) is 3.93. The van der Waals surface area contributed by atoms with Crippen LogP contribution in [0, 0.1) is 6.57 Å². The molecule has 2 heterocycles. The molecule has 1 saturated heterocycles. The van der Waals surface area contributed by atoms with Gasteiger partial charge in [0.2, 0.25) is 0 Å². The Bertz CT molecular complexity index is 802. The first-order valence-electron chi connectivity index (χ1n) is 7.92. The summed E-state index contributed by atoms with van der Waals surface area (Å²) in [5, 5.41) is 0. The molecule has 1 amide bonds. The van der Waals surface area contributed by atoms with E-state index in [4.69, 9.17) is 11.3 Å². The number of hydrogen-bond donors (Lipinski definition) is 0. The maximum atomic E-state index is 12.9. The van der Waals surface area contributed by atoms with Crippen LogP contribution >= 0.6 is 35.3 Å². The van der Waals surface area contributed by atoms with E-state index in [-0.39, 0.29) is 22.9 Å². The lowest BCUT2D eigenvalue weighted by molar-refractivity contribution is -0.155. The molecular weight excluding hydrogens is 388 g/mol. The summed E-state index contributed by atoms with van der Waals surface area (Å²) in [6.07, 6.45) is 1.85. The molecule has 26 heavy (non-hydrogen) atoms. The molecule has 0 radical (unpaired) electrons. The first-order chi connectivity index (χ1) is 12.4. The van der Waals surface area contributed by atoms with Crippen molar-refractivity contribution in [3.63, 3.8) is 0 Å². The van der Waals surface area contributed by atoms with E-state index >= 15 is 0 Å². The first-order valence-corrected chi connectivity index (χ1v) is 10.9. The number of carbonyl (C=O) groups is 2. The van der Waals surface area contributed by atoms with Crippen molar-refractivity contribution in [3.8, 4) is 0 Å². The van der Waals surface area contributed by atoms with Gasteiger partial charge in [-0.15, -0.1) is 23.5 Å². The van der Waals surface area contributed by atoms with Crippen LogP contribution in [0.25, 0.3) is 4.85 Å². The van der Waals surface area contributed by atoms with Crippen molar-refractivity contribution < 1.29 is 14.3 Å². The Morgan fingerprint density at radius 3 is 2.69 bits per heavy atom. The lowest BCUT2D eigenvalue weighted by Crippen LogP contribution is -2.52. The largest absolute Gasteiger partial charge is 0.459 e. The predicted molar refractivity (Wildman–Crippen MR) is 107 cm³/mol. The Morgan fingerprint density at radius 2 is 2.08 bits per heavy atom. The second-order valence-corrected chi connectivity index (χ2v) is 10.5. The summed E-state index contributed by atoms with van der Waals surface area (Å²) in [5.74, 6) is -0.812. The first kappa shape index (κ1) is 19.2. The van der Waals surface area contributed by atoms with E-state index in [1.165, 1.54) is 28.4 Å². The van der Waals surface area contributed by atoms with Crippen LogP contribution in [0.2, 0.25) is 0 Å². The smallest absolute Gasteiger partial charge is 0.330 e. The third-order valence-corrected chi connectivity index (χ3v) is 8.18. The number of rotatable bonds is 4. The van der Waals surface area contributed by atoms with Gasteiger partial charge >= 0.3 is 5.97 Å². The fourth-order valence-electron chi connectivity index (χ4n) is 2.93. The Kier molecular flexibility index (Phi) is 5.61. The molecule has 1 aromatic rings. The molecule has 2 unspecified atom stereocenters. The third-order valence-electron chi connectivity index (χ3n) is 4.15. The standard InChI is InChI=1S/C18H18N2O3S3/c1-18(2)13(15(22)23-10-11-8-6-5-7-9-11)20-14(21)12(19-3)16(24-4)25-17(20)26-18/h5-9,13,17H,10H2,1-2,4H3. The summed E-state index contributed by atoms with van der Waals surface area (Å²) in [6.45, 7) is 11.4. The summed E-state index contributed by atoms with van der Waals surface area (Å²) in [5.41, 5.74) is 0.990. The highest BCUT2D eigenvalue weighted by molar-refractivity contribution is 8.28. The maximum Gasteiger partial charge on any atom is 0.330 e. The summed E-state index contributed by atoms with van der Waals surface area (Å²) in [6, 6.07) is 8.72. The van der Waals surface area contributed by atoms with E-state index in [9.17, 15) is 9.59 Å². The van der Waals surface area contributed by atoms with Gasteiger partial charge in [0.15, 0.2) is 0 Å². The minimum absolute atomic E-state index is 0.0953. The Balaban J connectivity index is 1.84. The minimum atomic E-state index is -0.721. The van der Waals surface area contributed by atoms with E-state index in [1.807, 2.05) is 50.4 Å². The van der Waals surface area contributed by atoms with E-state index < -0.39 is 16.8 Å². The zero-order valence-corrected chi connectivity index (χ0v) is 17.0. The molecule has 8 heteroatoms. The van der Waals surface area contributed by atoms with E-state index in [0.29, 0.717) is 4.24 Å². The molecule has 0 N–H and O–H groups in total. The van der Waals surface area contributed by atoms with Gasteiger partial charge in [0.05, 0.1) is 10.8 Å². The SMILES string of the molecule is [C-]#[N+]C1=C(SC)SC2SC(C)(C)C(C(=O)OCc3ccccc3)N2C1=O. The number of amides is 1. The summed E-state index contributed by atoms with van der Waals surface area (Å²) < 4.78 is 5.51. The maximum absolute atomic E-state index is 12.9. The van der Waals surface area contributed by atoms with Gasteiger partial charge in [0.25, 0.3) is 11.6 Å². The number of carbonyl (C=O) groups excluding carboxylic acids is 2. The minimum Gasteiger partial charge on any atom is -0.459 e. The molecule has 0 bridgehead atoms. The van der Waals surface area contributed by atoms with Crippen molar-refractivity contribution in [3.05, 3.63) is 57.2 Å². The van der Waals surface area contributed by atoms with Crippen LogP contribution < -0.4 is 0 Å². The number of esters is 1. The highest BCUT2D eigenvalue weighted by Crippen LogP contribution is 2.55. The van der Waals surface area contributed by atoms with Crippen molar-refractivity contribution in [1.29, 1.82) is 0 Å². The molecule has 2 atom stereocenters. The zero-order valence-electron chi connectivity index (χ0n) is 14.6. The Morgan fingerprint density at radius 1 is 1.38 bits per heavy atom. The van der Waals surface area contributed by atoms with Crippen LogP contribution in [-0.4, -0.2) is 38.5 Å². The highest BCUT2D eigenvalue weighted by atomic mass is 32.2. The molecule has 0 aliphatic carbocycles. The summed E-state index contributed by atoms with van der Waals surface area (Å²) in [7, 11) is 0. The van der Waals surface area contributed by atoms with Crippen LogP contribution in [0.4, 0.5) is 0 Å². The van der Waals surface area contributed by atoms with Crippen molar-refractivity contribution in [2.75, 3.05) is 6.26 Å². The average Bonchev–Trinajstić information content (AvgIpc) is 2.90. The van der Waals surface area contributed by atoms with Crippen molar-refractivity contribution in [2.45, 2.75) is 35.9 Å². The van der Waals surface area contributed by atoms with Gasteiger partial charge in [-0.2, -0.15) is 0 Å². The van der Waals surface area contributed by atoms with E-state index in [1.54, 1.807) is 11.8 Å². The number of hydrogen-bond acceptors (Lipinski definition) is 6. The second-order valence-electron chi connectivity index (χ2n) is 6.31. The number of nitrogens with zero attached hydrogens (tertiary/aromatic N) is 2.